The Balaban J connectivity index is 2.23. The molecule has 1 rings (SSSR count). The van der Waals surface area contributed by atoms with Gasteiger partial charge in [0, 0.05) is 19.2 Å². The molecule has 0 saturated heterocycles. The zero-order chi connectivity index (χ0) is 11.3. The average molecular weight is 211 g/mol. The number of aryl methyl sites for hydroxylation is 2. The van der Waals surface area contributed by atoms with Crippen LogP contribution in [0, 0.1) is 6.92 Å². The number of ether oxygens (including phenoxy) is 1. The van der Waals surface area contributed by atoms with E-state index in [9.17, 15) is 4.79 Å². The van der Waals surface area contributed by atoms with Crippen molar-refractivity contribution in [2.75, 3.05) is 12.8 Å². The van der Waals surface area contributed by atoms with Crippen LogP contribution in [0.5, 0.6) is 0 Å². The SMILES string of the molecule is COC(=O)CCCCn1cc(N)c(C)n1. The first kappa shape index (κ1) is 11.6. The van der Waals surface area contributed by atoms with Gasteiger partial charge in [-0.3, -0.25) is 9.48 Å². The van der Waals surface area contributed by atoms with Gasteiger partial charge >= 0.3 is 5.97 Å². The van der Waals surface area contributed by atoms with Gasteiger partial charge in [-0.2, -0.15) is 5.10 Å². The van der Waals surface area contributed by atoms with Crippen LogP contribution in [0.1, 0.15) is 25.0 Å². The maximum atomic E-state index is 10.8. The normalized spacial score (nSPS) is 10.3. The van der Waals surface area contributed by atoms with Crippen LogP contribution in [0.3, 0.4) is 0 Å². The molecule has 0 radical (unpaired) electrons. The number of methoxy groups -OCH3 is 1. The van der Waals surface area contributed by atoms with Gasteiger partial charge in [-0.15, -0.1) is 0 Å². The maximum Gasteiger partial charge on any atom is 0.305 e. The van der Waals surface area contributed by atoms with Gasteiger partial charge in [0.15, 0.2) is 0 Å². The molecule has 0 bridgehead atoms. The number of nitrogens with zero attached hydrogens (tertiary/aromatic N) is 2. The summed E-state index contributed by atoms with van der Waals surface area (Å²) in [5.41, 5.74) is 7.22. The smallest absolute Gasteiger partial charge is 0.305 e. The molecule has 0 atom stereocenters. The molecule has 5 nitrogen and oxygen atoms in total. The number of rotatable bonds is 5. The van der Waals surface area contributed by atoms with E-state index in [-0.39, 0.29) is 5.97 Å². The lowest BCUT2D eigenvalue weighted by molar-refractivity contribution is -0.140. The van der Waals surface area contributed by atoms with Crippen LogP contribution in [0.15, 0.2) is 6.20 Å². The second-order valence-electron chi connectivity index (χ2n) is 3.47. The number of carbonyl (C=O) groups excluding carboxylic acids is 1. The standard InChI is InChI=1S/C10H17N3O2/c1-8-9(11)7-13(12-8)6-4-3-5-10(14)15-2/h7H,3-6,11H2,1-2H3. The number of hydrogen-bond acceptors (Lipinski definition) is 4. The molecule has 0 aliphatic carbocycles. The monoisotopic (exact) mass is 211 g/mol. The van der Waals surface area contributed by atoms with Gasteiger partial charge in [0.05, 0.1) is 18.5 Å². The molecule has 15 heavy (non-hydrogen) atoms. The van der Waals surface area contributed by atoms with Gasteiger partial charge in [-0.1, -0.05) is 0 Å². The Kier molecular flexibility index (Phi) is 4.15. The largest absolute Gasteiger partial charge is 0.469 e. The van der Waals surface area contributed by atoms with Crippen LogP contribution < -0.4 is 5.73 Å². The highest BCUT2D eigenvalue weighted by Gasteiger charge is 2.02. The van der Waals surface area contributed by atoms with Crippen molar-refractivity contribution in [1.82, 2.24) is 9.78 Å². The predicted octanol–water partition coefficient (Wildman–Crippen LogP) is 1.12. The topological polar surface area (TPSA) is 70.1 Å². The van der Waals surface area contributed by atoms with E-state index in [4.69, 9.17) is 5.73 Å². The minimum atomic E-state index is -0.161. The number of unbranched alkanes of at least 4 members (excludes halogenated alkanes) is 1. The first-order valence-corrected chi connectivity index (χ1v) is 5.00. The van der Waals surface area contributed by atoms with Crippen LogP contribution in [0.4, 0.5) is 5.69 Å². The van der Waals surface area contributed by atoms with Crippen molar-refractivity contribution in [1.29, 1.82) is 0 Å². The molecule has 1 aromatic rings. The molecule has 0 fully saturated rings. The molecular weight excluding hydrogens is 194 g/mol. The van der Waals surface area contributed by atoms with Gasteiger partial charge in [0.2, 0.25) is 0 Å². The number of anilines is 1. The van der Waals surface area contributed by atoms with Crippen LogP contribution in [-0.2, 0) is 16.1 Å². The van der Waals surface area contributed by atoms with Crippen molar-refractivity contribution in [3.63, 3.8) is 0 Å². The number of carbonyl (C=O) groups is 1. The fourth-order valence-electron chi connectivity index (χ4n) is 1.29. The van der Waals surface area contributed by atoms with Gasteiger partial charge in [-0.05, 0) is 19.8 Å². The average Bonchev–Trinajstić information content (AvgIpc) is 2.53. The molecule has 1 heterocycles. The van der Waals surface area contributed by atoms with Gasteiger partial charge < -0.3 is 10.5 Å². The minimum Gasteiger partial charge on any atom is -0.469 e. The number of nitrogen functional groups attached to an aromatic ring is 1. The molecule has 0 aromatic carbocycles. The summed E-state index contributed by atoms with van der Waals surface area (Å²) in [4.78, 5) is 10.8. The molecule has 0 aliphatic rings. The maximum absolute atomic E-state index is 10.8. The van der Waals surface area contributed by atoms with Crippen molar-refractivity contribution in [2.24, 2.45) is 0 Å². The zero-order valence-corrected chi connectivity index (χ0v) is 9.19. The Labute approximate surface area is 89.2 Å². The molecule has 1 aromatic heterocycles. The summed E-state index contributed by atoms with van der Waals surface area (Å²) in [6.07, 6.45) is 3.99. The summed E-state index contributed by atoms with van der Waals surface area (Å²) in [5, 5.41) is 4.22. The van der Waals surface area contributed by atoms with Crippen LogP contribution >= 0.6 is 0 Å². The second-order valence-corrected chi connectivity index (χ2v) is 3.47. The van der Waals surface area contributed by atoms with Crippen LogP contribution in [0.2, 0.25) is 0 Å². The van der Waals surface area contributed by atoms with E-state index in [1.807, 2.05) is 17.8 Å². The molecule has 0 spiro atoms. The number of nitrogens with two attached hydrogens (primary N) is 1. The second kappa shape index (κ2) is 5.38. The Morgan fingerprint density at radius 1 is 1.60 bits per heavy atom. The van der Waals surface area contributed by atoms with Crippen molar-refractivity contribution in [2.45, 2.75) is 32.7 Å². The fraction of sp³-hybridized carbons (Fsp3) is 0.600. The van der Waals surface area contributed by atoms with Gasteiger partial charge in [0.1, 0.15) is 0 Å². The third-order valence-electron chi connectivity index (χ3n) is 2.23. The Morgan fingerprint density at radius 2 is 2.33 bits per heavy atom. The molecule has 0 aliphatic heterocycles. The highest BCUT2D eigenvalue weighted by Crippen LogP contribution is 2.08. The quantitative estimate of drug-likeness (QED) is 0.585. The van der Waals surface area contributed by atoms with E-state index in [1.165, 1.54) is 7.11 Å². The molecule has 5 heteroatoms. The number of hydrogen-bond donors (Lipinski definition) is 1. The lowest BCUT2D eigenvalue weighted by Gasteiger charge is -2.00. The first-order valence-electron chi connectivity index (χ1n) is 5.00. The predicted molar refractivity (Wildman–Crippen MR) is 57.2 cm³/mol. The number of esters is 1. The molecular formula is C10H17N3O2. The zero-order valence-electron chi connectivity index (χ0n) is 9.19. The minimum absolute atomic E-state index is 0.161. The highest BCUT2D eigenvalue weighted by atomic mass is 16.5. The van der Waals surface area contributed by atoms with Gasteiger partial charge in [0.25, 0.3) is 0 Å². The third kappa shape index (κ3) is 3.61. The Bertz CT molecular complexity index is 314. The van der Waals surface area contributed by atoms with Crippen LogP contribution in [-0.4, -0.2) is 22.9 Å². The molecule has 0 amide bonds. The van der Waals surface area contributed by atoms with E-state index in [0.717, 1.165) is 25.1 Å². The molecule has 84 valence electrons. The van der Waals surface area contributed by atoms with Crippen molar-refractivity contribution in [3.8, 4) is 0 Å². The lowest BCUT2D eigenvalue weighted by atomic mass is 10.2. The van der Waals surface area contributed by atoms with E-state index in [0.29, 0.717) is 12.1 Å². The van der Waals surface area contributed by atoms with E-state index in [2.05, 4.69) is 9.84 Å². The van der Waals surface area contributed by atoms with E-state index in [1.54, 1.807) is 0 Å². The molecule has 2 N–H and O–H groups in total. The first-order chi connectivity index (χ1) is 7.13. The fourth-order valence-corrected chi connectivity index (χ4v) is 1.29. The van der Waals surface area contributed by atoms with E-state index < -0.39 is 0 Å². The van der Waals surface area contributed by atoms with E-state index >= 15 is 0 Å². The summed E-state index contributed by atoms with van der Waals surface area (Å²) in [5.74, 6) is -0.161. The summed E-state index contributed by atoms with van der Waals surface area (Å²) in [6, 6.07) is 0. The highest BCUT2D eigenvalue weighted by molar-refractivity contribution is 5.68. The third-order valence-corrected chi connectivity index (χ3v) is 2.23. The lowest BCUT2D eigenvalue weighted by Crippen LogP contribution is -2.02. The van der Waals surface area contributed by atoms with Crippen LogP contribution in [0.25, 0.3) is 0 Å². The van der Waals surface area contributed by atoms with Crippen molar-refractivity contribution < 1.29 is 9.53 Å². The summed E-state index contributed by atoms with van der Waals surface area (Å²) < 4.78 is 6.35. The Hall–Kier alpha value is -1.52. The molecule has 0 unspecified atom stereocenters. The van der Waals surface area contributed by atoms with Gasteiger partial charge in [-0.25, -0.2) is 0 Å². The van der Waals surface area contributed by atoms with Crippen molar-refractivity contribution >= 4 is 11.7 Å². The summed E-state index contributed by atoms with van der Waals surface area (Å²) in [6.45, 7) is 2.66. The number of aromatic nitrogens is 2. The molecule has 0 saturated carbocycles. The Morgan fingerprint density at radius 3 is 2.87 bits per heavy atom. The summed E-state index contributed by atoms with van der Waals surface area (Å²) in [7, 11) is 1.40. The van der Waals surface area contributed by atoms with Crippen molar-refractivity contribution in [3.05, 3.63) is 11.9 Å². The summed E-state index contributed by atoms with van der Waals surface area (Å²) >= 11 is 0.